The Bertz CT molecular complexity index is 622. The largest absolute Gasteiger partial charge is 0.367 e. The lowest BCUT2D eigenvalue weighted by atomic mass is 9.98. The molecule has 21 heavy (non-hydrogen) atoms. The van der Waals surface area contributed by atoms with Crippen LogP contribution < -0.4 is 5.32 Å². The first-order valence-electron chi connectivity index (χ1n) is 7.15. The Hall–Kier alpha value is -2.14. The Balaban J connectivity index is 1.78. The smallest absolute Gasteiger partial charge is 0.259 e. The molecule has 0 unspecified atom stereocenters. The van der Waals surface area contributed by atoms with Crippen LogP contribution >= 0.6 is 0 Å². The van der Waals surface area contributed by atoms with Crippen molar-refractivity contribution < 1.29 is 14.1 Å². The number of aromatic nitrogens is 1. The molecule has 1 amide bonds. The van der Waals surface area contributed by atoms with Crippen molar-refractivity contribution >= 4 is 11.7 Å². The second kappa shape index (κ2) is 6.10. The van der Waals surface area contributed by atoms with Crippen molar-refractivity contribution in [2.45, 2.75) is 31.8 Å². The number of nitrogens with zero attached hydrogens (tertiary/aromatic N) is 1. The van der Waals surface area contributed by atoms with E-state index in [-0.39, 0.29) is 5.91 Å². The van der Waals surface area contributed by atoms with E-state index >= 15 is 0 Å². The number of aryl methyl sites for hydroxylation is 1. The molecule has 1 atom stereocenters. The maximum Gasteiger partial charge on any atom is 0.259 e. The topological polar surface area (TPSA) is 64.4 Å². The van der Waals surface area contributed by atoms with Gasteiger partial charge in [0.2, 0.25) is 0 Å². The monoisotopic (exact) mass is 286 g/mol. The van der Waals surface area contributed by atoms with Gasteiger partial charge in [-0.1, -0.05) is 35.5 Å². The van der Waals surface area contributed by atoms with Crippen LogP contribution in [-0.2, 0) is 22.4 Å². The summed E-state index contributed by atoms with van der Waals surface area (Å²) in [6, 6.07) is 9.40. The summed E-state index contributed by atoms with van der Waals surface area (Å²) in [6.07, 6.45) is 3.35. The molecular formula is C16H18N2O3. The summed E-state index contributed by atoms with van der Waals surface area (Å²) in [5.74, 6) is 1.20. The van der Waals surface area contributed by atoms with Crippen LogP contribution in [0.1, 0.15) is 35.8 Å². The quantitative estimate of drug-likeness (QED) is 0.938. The molecule has 0 spiro atoms. The molecule has 0 aliphatic heterocycles. The fourth-order valence-corrected chi connectivity index (χ4v) is 2.69. The summed E-state index contributed by atoms with van der Waals surface area (Å²) in [5.41, 5.74) is 1.84. The van der Waals surface area contributed by atoms with Crippen LogP contribution in [-0.4, -0.2) is 18.2 Å². The zero-order valence-electron chi connectivity index (χ0n) is 12.0. The van der Waals surface area contributed by atoms with E-state index in [0.29, 0.717) is 5.82 Å². The Morgan fingerprint density at radius 2 is 2.05 bits per heavy atom. The minimum Gasteiger partial charge on any atom is -0.367 e. The van der Waals surface area contributed by atoms with Gasteiger partial charge in [-0.3, -0.25) is 4.79 Å². The van der Waals surface area contributed by atoms with E-state index < -0.39 is 6.10 Å². The third-order valence-electron chi connectivity index (χ3n) is 3.77. The minimum absolute atomic E-state index is 0.231. The van der Waals surface area contributed by atoms with Crippen molar-refractivity contribution in [2.75, 3.05) is 12.4 Å². The summed E-state index contributed by atoms with van der Waals surface area (Å²) < 4.78 is 10.6. The molecule has 3 rings (SSSR count). The molecule has 0 saturated heterocycles. The minimum atomic E-state index is -0.651. The lowest BCUT2D eigenvalue weighted by molar-refractivity contribution is -0.126. The fourth-order valence-electron chi connectivity index (χ4n) is 2.69. The number of hydrogen-bond donors (Lipinski definition) is 1. The van der Waals surface area contributed by atoms with Gasteiger partial charge < -0.3 is 14.6 Å². The molecule has 5 heteroatoms. The molecule has 0 saturated carbocycles. The van der Waals surface area contributed by atoms with E-state index in [1.165, 1.54) is 7.11 Å². The van der Waals surface area contributed by atoms with E-state index in [1.807, 2.05) is 30.3 Å². The van der Waals surface area contributed by atoms with Gasteiger partial charge in [-0.2, -0.15) is 0 Å². The Labute approximate surface area is 123 Å². The van der Waals surface area contributed by atoms with Crippen molar-refractivity contribution in [2.24, 2.45) is 0 Å². The molecule has 110 valence electrons. The van der Waals surface area contributed by atoms with Gasteiger partial charge in [-0.15, -0.1) is 0 Å². The normalized spacial score (nSPS) is 15.3. The average molecular weight is 286 g/mol. The van der Waals surface area contributed by atoms with Crippen LogP contribution in [0.4, 0.5) is 5.82 Å². The molecule has 0 bridgehead atoms. The van der Waals surface area contributed by atoms with Crippen LogP contribution in [0, 0.1) is 0 Å². The summed E-state index contributed by atoms with van der Waals surface area (Å²) in [6.45, 7) is 0. The predicted molar refractivity (Wildman–Crippen MR) is 78.0 cm³/mol. The van der Waals surface area contributed by atoms with E-state index in [9.17, 15) is 4.79 Å². The van der Waals surface area contributed by atoms with Gasteiger partial charge in [0.1, 0.15) is 5.76 Å². The highest BCUT2D eigenvalue weighted by Crippen LogP contribution is 2.28. The maximum absolute atomic E-state index is 12.4. The molecule has 1 aliphatic rings. The van der Waals surface area contributed by atoms with Gasteiger partial charge in [-0.05, 0) is 24.8 Å². The van der Waals surface area contributed by atoms with Crippen LogP contribution in [0.25, 0.3) is 0 Å². The highest BCUT2D eigenvalue weighted by atomic mass is 16.5. The molecule has 5 nitrogen and oxygen atoms in total. The van der Waals surface area contributed by atoms with Crippen molar-refractivity contribution in [3.05, 3.63) is 47.2 Å². The zero-order chi connectivity index (χ0) is 14.7. The number of methoxy groups -OCH3 is 1. The number of amides is 1. The van der Waals surface area contributed by atoms with Crippen molar-refractivity contribution in [3.63, 3.8) is 0 Å². The van der Waals surface area contributed by atoms with Crippen LogP contribution in [0.5, 0.6) is 0 Å². The highest BCUT2D eigenvalue weighted by Gasteiger charge is 2.25. The predicted octanol–water partition coefficient (Wildman–Crippen LogP) is 2.88. The zero-order valence-corrected chi connectivity index (χ0v) is 12.0. The summed E-state index contributed by atoms with van der Waals surface area (Å²) in [4.78, 5) is 12.4. The SMILES string of the molecule is CO[C@@H](C(=O)Nc1noc2c1CCCC2)c1ccccc1. The Morgan fingerprint density at radius 3 is 2.81 bits per heavy atom. The van der Waals surface area contributed by atoms with Gasteiger partial charge >= 0.3 is 0 Å². The van der Waals surface area contributed by atoms with Gasteiger partial charge in [0.15, 0.2) is 11.9 Å². The summed E-state index contributed by atoms with van der Waals surface area (Å²) in [5, 5.41) is 6.82. The van der Waals surface area contributed by atoms with E-state index in [1.54, 1.807) is 0 Å². The number of carbonyl (C=O) groups is 1. The lowest BCUT2D eigenvalue weighted by Crippen LogP contribution is -2.23. The first kappa shape index (κ1) is 13.8. The van der Waals surface area contributed by atoms with E-state index in [2.05, 4.69) is 10.5 Å². The fraction of sp³-hybridized carbons (Fsp3) is 0.375. The number of benzene rings is 1. The van der Waals surface area contributed by atoms with Gasteiger partial charge in [0.05, 0.1) is 0 Å². The number of anilines is 1. The number of rotatable bonds is 4. The van der Waals surface area contributed by atoms with Crippen LogP contribution in [0.3, 0.4) is 0 Å². The Morgan fingerprint density at radius 1 is 1.29 bits per heavy atom. The van der Waals surface area contributed by atoms with Crippen molar-refractivity contribution in [1.82, 2.24) is 5.16 Å². The molecule has 1 aromatic carbocycles. The highest BCUT2D eigenvalue weighted by molar-refractivity contribution is 5.94. The third kappa shape index (κ3) is 2.83. The third-order valence-corrected chi connectivity index (χ3v) is 3.77. The van der Waals surface area contributed by atoms with Crippen LogP contribution in [0.2, 0.25) is 0 Å². The Kier molecular flexibility index (Phi) is 4.01. The maximum atomic E-state index is 12.4. The molecule has 0 fully saturated rings. The number of nitrogens with one attached hydrogen (secondary N) is 1. The van der Waals surface area contributed by atoms with Gasteiger partial charge in [0.25, 0.3) is 5.91 Å². The molecule has 1 aromatic heterocycles. The molecule has 1 heterocycles. The molecule has 0 radical (unpaired) electrons. The first-order chi connectivity index (χ1) is 10.3. The standard InChI is InChI=1S/C16H18N2O3/c1-20-14(11-7-3-2-4-8-11)16(19)17-15-12-9-5-6-10-13(12)21-18-15/h2-4,7-8,14H,5-6,9-10H2,1H3,(H,17,18,19)/t14-/m1/s1. The molecule has 1 aliphatic carbocycles. The van der Waals surface area contributed by atoms with E-state index in [4.69, 9.17) is 9.26 Å². The molecular weight excluding hydrogens is 268 g/mol. The number of fused-ring (bicyclic) bond motifs is 1. The molecule has 1 N–H and O–H groups in total. The number of carbonyl (C=O) groups excluding carboxylic acids is 1. The van der Waals surface area contributed by atoms with E-state index in [0.717, 1.165) is 42.6 Å². The second-order valence-electron chi connectivity index (χ2n) is 5.16. The average Bonchev–Trinajstić information content (AvgIpc) is 2.92. The number of hydrogen-bond acceptors (Lipinski definition) is 4. The lowest BCUT2D eigenvalue weighted by Gasteiger charge is -2.15. The van der Waals surface area contributed by atoms with Crippen molar-refractivity contribution in [3.8, 4) is 0 Å². The van der Waals surface area contributed by atoms with Crippen LogP contribution in [0.15, 0.2) is 34.9 Å². The molecule has 2 aromatic rings. The first-order valence-corrected chi connectivity index (χ1v) is 7.15. The summed E-state index contributed by atoms with van der Waals surface area (Å²) in [7, 11) is 1.52. The van der Waals surface area contributed by atoms with Gasteiger partial charge in [0, 0.05) is 19.1 Å². The van der Waals surface area contributed by atoms with Gasteiger partial charge in [-0.25, -0.2) is 0 Å². The second-order valence-corrected chi connectivity index (χ2v) is 5.16. The van der Waals surface area contributed by atoms with Crippen molar-refractivity contribution in [1.29, 1.82) is 0 Å². The number of ether oxygens (including phenoxy) is 1. The summed E-state index contributed by atoms with van der Waals surface area (Å²) >= 11 is 0.